The zero-order chi connectivity index (χ0) is 20.2. The molecule has 0 bridgehead atoms. The Morgan fingerprint density at radius 1 is 1.14 bits per heavy atom. The van der Waals surface area contributed by atoms with Crippen LogP contribution in [0.25, 0.3) is 10.9 Å². The van der Waals surface area contributed by atoms with Crippen molar-refractivity contribution in [1.29, 1.82) is 0 Å². The van der Waals surface area contributed by atoms with Gasteiger partial charge in [-0.3, -0.25) is 4.90 Å². The van der Waals surface area contributed by atoms with Crippen LogP contribution in [-0.4, -0.2) is 40.6 Å². The van der Waals surface area contributed by atoms with Crippen molar-refractivity contribution in [2.75, 3.05) is 25.0 Å². The predicted octanol–water partition coefficient (Wildman–Crippen LogP) is 4.91. The van der Waals surface area contributed by atoms with Crippen LogP contribution in [0.2, 0.25) is 5.02 Å². The SMILES string of the molecule is O=C(O)c1cc(NCC2CCN(Cc3ccccc3Cl)CC2)nc2ccccc12. The molecule has 0 aliphatic carbocycles. The average Bonchev–Trinajstić information content (AvgIpc) is 2.74. The van der Waals surface area contributed by atoms with Gasteiger partial charge in [0, 0.05) is 23.5 Å². The molecule has 4 rings (SSSR count). The smallest absolute Gasteiger partial charge is 0.336 e. The molecule has 1 aliphatic rings. The first-order valence-electron chi connectivity index (χ1n) is 9.93. The second-order valence-electron chi connectivity index (χ2n) is 7.57. The molecular formula is C23H24ClN3O2. The molecule has 1 fully saturated rings. The van der Waals surface area contributed by atoms with E-state index in [0.717, 1.165) is 44.0 Å². The van der Waals surface area contributed by atoms with Gasteiger partial charge in [0.15, 0.2) is 0 Å². The number of pyridine rings is 1. The maximum absolute atomic E-state index is 11.6. The number of rotatable bonds is 6. The summed E-state index contributed by atoms with van der Waals surface area (Å²) in [6.45, 7) is 3.74. The molecule has 29 heavy (non-hydrogen) atoms. The standard InChI is InChI=1S/C23H24ClN3O2/c24-20-7-3-1-5-17(20)15-27-11-9-16(10-12-27)14-25-22-13-19(23(28)29)18-6-2-4-8-21(18)26-22/h1-8,13,16H,9-12,14-15H2,(H,25,26)(H,28,29). The van der Waals surface area contributed by atoms with Gasteiger partial charge in [0.1, 0.15) is 5.82 Å². The Labute approximate surface area is 175 Å². The van der Waals surface area contributed by atoms with E-state index in [1.807, 2.05) is 36.4 Å². The first kappa shape index (κ1) is 19.7. The Morgan fingerprint density at radius 3 is 2.62 bits per heavy atom. The quantitative estimate of drug-likeness (QED) is 0.605. The molecule has 6 heteroatoms. The number of nitrogens with one attached hydrogen (secondary N) is 1. The molecule has 0 spiro atoms. The summed E-state index contributed by atoms with van der Waals surface area (Å²) in [6.07, 6.45) is 2.19. The average molecular weight is 410 g/mol. The Kier molecular flexibility index (Phi) is 5.97. The van der Waals surface area contributed by atoms with Crippen LogP contribution in [-0.2, 0) is 6.54 Å². The van der Waals surface area contributed by atoms with Crippen molar-refractivity contribution >= 4 is 34.3 Å². The molecule has 0 saturated carbocycles. The van der Waals surface area contributed by atoms with Crippen molar-refractivity contribution in [2.45, 2.75) is 19.4 Å². The number of likely N-dealkylation sites (tertiary alicyclic amines) is 1. The minimum Gasteiger partial charge on any atom is -0.478 e. The maximum atomic E-state index is 11.6. The van der Waals surface area contributed by atoms with Crippen LogP contribution in [0.15, 0.2) is 54.6 Å². The van der Waals surface area contributed by atoms with E-state index < -0.39 is 5.97 Å². The van der Waals surface area contributed by atoms with Crippen LogP contribution in [0.1, 0.15) is 28.8 Å². The van der Waals surface area contributed by atoms with E-state index >= 15 is 0 Å². The summed E-state index contributed by atoms with van der Waals surface area (Å²) in [7, 11) is 0. The summed E-state index contributed by atoms with van der Waals surface area (Å²) >= 11 is 6.28. The number of aromatic nitrogens is 1. The molecule has 0 radical (unpaired) electrons. The highest BCUT2D eigenvalue weighted by atomic mass is 35.5. The molecule has 0 atom stereocenters. The van der Waals surface area contributed by atoms with Gasteiger partial charge in [0.05, 0.1) is 11.1 Å². The van der Waals surface area contributed by atoms with Gasteiger partial charge in [0.25, 0.3) is 0 Å². The van der Waals surface area contributed by atoms with Gasteiger partial charge >= 0.3 is 5.97 Å². The lowest BCUT2D eigenvalue weighted by atomic mass is 9.96. The Balaban J connectivity index is 1.35. The summed E-state index contributed by atoms with van der Waals surface area (Å²) in [5.74, 6) is 0.234. The molecule has 2 heterocycles. The van der Waals surface area contributed by atoms with E-state index in [4.69, 9.17) is 11.6 Å². The minimum atomic E-state index is -0.931. The number of hydrogen-bond acceptors (Lipinski definition) is 4. The zero-order valence-corrected chi connectivity index (χ0v) is 16.9. The number of aromatic carboxylic acids is 1. The second-order valence-corrected chi connectivity index (χ2v) is 7.98. The minimum absolute atomic E-state index is 0.285. The van der Waals surface area contributed by atoms with E-state index in [-0.39, 0.29) is 5.56 Å². The normalized spacial score (nSPS) is 15.5. The Morgan fingerprint density at radius 2 is 1.86 bits per heavy atom. The fourth-order valence-corrected chi connectivity index (χ4v) is 4.10. The topological polar surface area (TPSA) is 65.5 Å². The lowest BCUT2D eigenvalue weighted by Crippen LogP contribution is -2.35. The van der Waals surface area contributed by atoms with E-state index in [9.17, 15) is 9.90 Å². The van der Waals surface area contributed by atoms with E-state index in [0.29, 0.717) is 22.6 Å². The zero-order valence-electron chi connectivity index (χ0n) is 16.1. The number of carboxylic acids is 1. The van der Waals surface area contributed by atoms with Crippen LogP contribution in [0.4, 0.5) is 5.82 Å². The molecule has 5 nitrogen and oxygen atoms in total. The third-order valence-electron chi connectivity index (χ3n) is 5.58. The highest BCUT2D eigenvalue weighted by Gasteiger charge is 2.20. The van der Waals surface area contributed by atoms with E-state index in [1.165, 1.54) is 5.56 Å². The number of piperidine rings is 1. The third kappa shape index (κ3) is 4.69. The molecule has 1 aromatic heterocycles. The van der Waals surface area contributed by atoms with Gasteiger partial charge < -0.3 is 10.4 Å². The van der Waals surface area contributed by atoms with Gasteiger partial charge in [-0.1, -0.05) is 48.0 Å². The highest BCUT2D eigenvalue weighted by molar-refractivity contribution is 6.31. The fraction of sp³-hybridized carbons (Fsp3) is 0.304. The molecule has 1 aliphatic heterocycles. The molecule has 0 unspecified atom stereocenters. The van der Waals surface area contributed by atoms with E-state index in [1.54, 1.807) is 12.1 Å². The van der Waals surface area contributed by atoms with Crippen molar-refractivity contribution in [1.82, 2.24) is 9.88 Å². The van der Waals surface area contributed by atoms with E-state index in [2.05, 4.69) is 21.3 Å². The summed E-state index contributed by atoms with van der Waals surface area (Å²) in [5.41, 5.74) is 2.16. The molecule has 2 N–H and O–H groups in total. The first-order chi connectivity index (χ1) is 14.1. The Hall–Kier alpha value is -2.63. The monoisotopic (exact) mass is 409 g/mol. The number of carboxylic acid groups (broad SMARTS) is 1. The van der Waals surface area contributed by atoms with Gasteiger partial charge in [0.2, 0.25) is 0 Å². The number of anilines is 1. The van der Waals surface area contributed by atoms with Crippen molar-refractivity contribution in [2.24, 2.45) is 5.92 Å². The third-order valence-corrected chi connectivity index (χ3v) is 5.95. The van der Waals surface area contributed by atoms with Crippen molar-refractivity contribution < 1.29 is 9.90 Å². The molecule has 0 amide bonds. The van der Waals surface area contributed by atoms with Crippen LogP contribution in [0.5, 0.6) is 0 Å². The lowest BCUT2D eigenvalue weighted by Gasteiger charge is -2.32. The predicted molar refractivity (Wildman–Crippen MR) is 117 cm³/mol. The van der Waals surface area contributed by atoms with Crippen LogP contribution in [0, 0.1) is 5.92 Å². The fourth-order valence-electron chi connectivity index (χ4n) is 3.91. The number of halogens is 1. The molecule has 3 aromatic rings. The number of hydrogen-bond donors (Lipinski definition) is 2. The largest absolute Gasteiger partial charge is 0.478 e. The maximum Gasteiger partial charge on any atom is 0.336 e. The second kappa shape index (κ2) is 8.80. The van der Waals surface area contributed by atoms with Crippen LogP contribution in [0.3, 0.4) is 0 Å². The lowest BCUT2D eigenvalue weighted by molar-refractivity contribution is 0.0699. The van der Waals surface area contributed by atoms with Gasteiger partial charge in [-0.25, -0.2) is 9.78 Å². The van der Waals surface area contributed by atoms with Crippen LogP contribution >= 0.6 is 11.6 Å². The van der Waals surface area contributed by atoms with Gasteiger partial charge in [-0.15, -0.1) is 0 Å². The van der Waals surface area contributed by atoms with Gasteiger partial charge in [-0.2, -0.15) is 0 Å². The number of fused-ring (bicyclic) bond motifs is 1. The molecule has 150 valence electrons. The number of nitrogens with zero attached hydrogens (tertiary/aromatic N) is 2. The highest BCUT2D eigenvalue weighted by Crippen LogP contribution is 2.24. The molecule has 1 saturated heterocycles. The van der Waals surface area contributed by atoms with Gasteiger partial charge in [-0.05, 0) is 55.6 Å². The van der Waals surface area contributed by atoms with Crippen molar-refractivity contribution in [3.05, 3.63) is 70.7 Å². The molecule has 2 aromatic carbocycles. The Bertz CT molecular complexity index is 1020. The molecular weight excluding hydrogens is 386 g/mol. The van der Waals surface area contributed by atoms with Crippen molar-refractivity contribution in [3.63, 3.8) is 0 Å². The summed E-state index contributed by atoms with van der Waals surface area (Å²) < 4.78 is 0. The van der Waals surface area contributed by atoms with Crippen LogP contribution < -0.4 is 5.32 Å². The first-order valence-corrected chi connectivity index (χ1v) is 10.3. The summed E-state index contributed by atoms with van der Waals surface area (Å²) in [5, 5.41) is 14.4. The summed E-state index contributed by atoms with van der Waals surface area (Å²) in [6, 6.07) is 17.0. The van der Waals surface area contributed by atoms with Crippen molar-refractivity contribution in [3.8, 4) is 0 Å². The number of benzene rings is 2. The summed E-state index contributed by atoms with van der Waals surface area (Å²) in [4.78, 5) is 18.6. The number of para-hydroxylation sites is 1. The number of carbonyl (C=O) groups is 1.